The molecule has 0 atom stereocenters. The van der Waals surface area contributed by atoms with E-state index in [1.807, 2.05) is 0 Å². The lowest BCUT2D eigenvalue weighted by Gasteiger charge is -2.08. The van der Waals surface area contributed by atoms with Crippen LogP contribution >= 0.6 is 23.2 Å². The fourth-order valence-electron chi connectivity index (χ4n) is 1.48. The number of carbonyl (C=O) groups is 1. The van der Waals surface area contributed by atoms with Crippen molar-refractivity contribution in [3.63, 3.8) is 0 Å². The van der Waals surface area contributed by atoms with Crippen molar-refractivity contribution >= 4 is 34.8 Å². The number of anilines is 1. The number of nitrogens with zero attached hydrogens (tertiary/aromatic N) is 2. The first-order valence-electron chi connectivity index (χ1n) is 5.54. The smallest absolute Gasteiger partial charge is 0.287 e. The van der Waals surface area contributed by atoms with Gasteiger partial charge in [0.2, 0.25) is 5.91 Å². The second kappa shape index (κ2) is 6.19. The fourth-order valence-corrected chi connectivity index (χ4v) is 1.75. The molecule has 1 N–H and O–H groups in total. The highest BCUT2D eigenvalue weighted by Crippen LogP contribution is 2.16. The third kappa shape index (κ3) is 3.56. The lowest BCUT2D eigenvalue weighted by Crippen LogP contribution is -2.30. The van der Waals surface area contributed by atoms with E-state index in [-0.39, 0.29) is 15.7 Å². The number of amides is 1. The van der Waals surface area contributed by atoms with Crippen LogP contribution in [0.4, 0.5) is 14.5 Å². The van der Waals surface area contributed by atoms with Gasteiger partial charge in [0, 0.05) is 6.07 Å². The van der Waals surface area contributed by atoms with Crippen LogP contribution in [0.3, 0.4) is 0 Å². The van der Waals surface area contributed by atoms with Gasteiger partial charge in [-0.2, -0.15) is 5.10 Å². The molecule has 0 fully saturated rings. The number of rotatable bonds is 3. The largest absolute Gasteiger partial charge is 0.322 e. The van der Waals surface area contributed by atoms with E-state index < -0.39 is 29.6 Å². The lowest BCUT2D eigenvalue weighted by molar-refractivity contribution is -0.117. The molecule has 0 bridgehead atoms. The molecule has 9 heteroatoms. The Hall–Kier alpha value is -1.99. The first-order chi connectivity index (χ1) is 9.88. The molecule has 21 heavy (non-hydrogen) atoms. The molecule has 1 aromatic carbocycles. The Bertz CT molecular complexity index is 765. The summed E-state index contributed by atoms with van der Waals surface area (Å²) in [6, 6.07) is 2.60. The molecule has 1 aromatic heterocycles. The normalized spacial score (nSPS) is 10.5. The Morgan fingerprint density at radius 3 is 2.76 bits per heavy atom. The van der Waals surface area contributed by atoms with Crippen molar-refractivity contribution in [2.75, 3.05) is 5.32 Å². The van der Waals surface area contributed by atoms with E-state index in [9.17, 15) is 18.4 Å². The maximum atomic E-state index is 13.4. The molecule has 0 saturated heterocycles. The van der Waals surface area contributed by atoms with Crippen molar-refractivity contribution in [3.05, 3.63) is 56.4 Å². The van der Waals surface area contributed by atoms with Gasteiger partial charge in [0.05, 0.1) is 16.9 Å². The average Bonchev–Trinajstić information content (AvgIpc) is 2.43. The minimum absolute atomic E-state index is 0.0468. The van der Waals surface area contributed by atoms with Gasteiger partial charge in [-0.15, -0.1) is 0 Å². The Morgan fingerprint density at radius 1 is 1.33 bits per heavy atom. The lowest BCUT2D eigenvalue weighted by atomic mass is 10.3. The van der Waals surface area contributed by atoms with Crippen LogP contribution in [0.25, 0.3) is 0 Å². The third-order valence-corrected chi connectivity index (χ3v) is 3.19. The van der Waals surface area contributed by atoms with Gasteiger partial charge in [0.1, 0.15) is 23.2 Å². The summed E-state index contributed by atoms with van der Waals surface area (Å²) in [5.41, 5.74) is -1.10. The van der Waals surface area contributed by atoms with Gasteiger partial charge in [0.15, 0.2) is 0 Å². The van der Waals surface area contributed by atoms with Crippen LogP contribution in [0.15, 0.2) is 29.2 Å². The summed E-state index contributed by atoms with van der Waals surface area (Å²) in [4.78, 5) is 23.4. The Morgan fingerprint density at radius 2 is 2.05 bits per heavy atom. The summed E-state index contributed by atoms with van der Waals surface area (Å²) < 4.78 is 27.1. The van der Waals surface area contributed by atoms with E-state index in [1.54, 1.807) is 0 Å². The van der Waals surface area contributed by atoms with Gasteiger partial charge in [-0.3, -0.25) is 9.59 Å². The predicted octanol–water partition coefficient (Wildman–Crippen LogP) is 2.47. The first-order valence-corrected chi connectivity index (χ1v) is 6.30. The molecule has 0 aliphatic heterocycles. The van der Waals surface area contributed by atoms with E-state index in [2.05, 4.69) is 10.4 Å². The number of halogens is 4. The zero-order valence-corrected chi connectivity index (χ0v) is 11.8. The summed E-state index contributed by atoms with van der Waals surface area (Å²) in [6.45, 7) is -0.522. The van der Waals surface area contributed by atoms with Crippen LogP contribution < -0.4 is 10.9 Å². The quantitative estimate of drug-likeness (QED) is 0.938. The Balaban J connectivity index is 2.18. The van der Waals surface area contributed by atoms with E-state index in [0.29, 0.717) is 0 Å². The number of aromatic nitrogens is 2. The molecule has 0 saturated carbocycles. The molecule has 2 rings (SSSR count). The molecule has 1 amide bonds. The second-order valence-electron chi connectivity index (χ2n) is 3.94. The highest BCUT2D eigenvalue weighted by molar-refractivity contribution is 6.41. The highest BCUT2D eigenvalue weighted by Gasteiger charge is 2.13. The maximum Gasteiger partial charge on any atom is 0.287 e. The number of benzene rings is 1. The zero-order valence-electron chi connectivity index (χ0n) is 10.2. The molecule has 2 aromatic rings. The average molecular weight is 334 g/mol. The van der Waals surface area contributed by atoms with Crippen molar-refractivity contribution in [1.82, 2.24) is 9.78 Å². The Kier molecular flexibility index (Phi) is 4.54. The molecular weight excluding hydrogens is 327 g/mol. The van der Waals surface area contributed by atoms with Gasteiger partial charge in [-0.05, 0) is 12.1 Å². The van der Waals surface area contributed by atoms with Crippen LogP contribution in [-0.2, 0) is 11.3 Å². The fraction of sp³-hybridized carbons (Fsp3) is 0.0833. The van der Waals surface area contributed by atoms with Crippen molar-refractivity contribution in [2.45, 2.75) is 6.54 Å². The van der Waals surface area contributed by atoms with Gasteiger partial charge in [-0.25, -0.2) is 13.5 Å². The topological polar surface area (TPSA) is 64.0 Å². The molecule has 0 aliphatic carbocycles. The molecule has 110 valence electrons. The standard InChI is InChI=1S/C12H7Cl2F2N3O2/c13-7-4-17-19(12(21)11(7)14)5-10(20)18-9-3-6(15)1-2-8(9)16/h1-4H,5H2,(H,18,20). The molecule has 5 nitrogen and oxygen atoms in total. The SMILES string of the molecule is O=C(Cn1ncc(Cl)c(Cl)c1=O)Nc1cc(F)ccc1F. The van der Waals surface area contributed by atoms with Crippen LogP contribution in [0.2, 0.25) is 10.0 Å². The van der Waals surface area contributed by atoms with Gasteiger partial charge in [-0.1, -0.05) is 23.2 Å². The number of hydrogen-bond donors (Lipinski definition) is 1. The van der Waals surface area contributed by atoms with Crippen LogP contribution in [0.1, 0.15) is 0 Å². The summed E-state index contributed by atoms with van der Waals surface area (Å²) in [5.74, 6) is -2.29. The minimum atomic E-state index is -0.806. The number of nitrogens with one attached hydrogen (secondary N) is 1. The highest BCUT2D eigenvalue weighted by atomic mass is 35.5. The third-order valence-electron chi connectivity index (χ3n) is 2.44. The minimum Gasteiger partial charge on any atom is -0.322 e. The van der Waals surface area contributed by atoms with Crippen LogP contribution in [0.5, 0.6) is 0 Å². The van der Waals surface area contributed by atoms with Crippen molar-refractivity contribution in [1.29, 1.82) is 0 Å². The van der Waals surface area contributed by atoms with Gasteiger partial charge >= 0.3 is 0 Å². The van der Waals surface area contributed by atoms with E-state index >= 15 is 0 Å². The summed E-state index contributed by atoms with van der Waals surface area (Å²) in [6.07, 6.45) is 1.10. The molecule has 0 radical (unpaired) electrons. The summed E-state index contributed by atoms with van der Waals surface area (Å²) in [7, 11) is 0. The van der Waals surface area contributed by atoms with Crippen molar-refractivity contribution < 1.29 is 13.6 Å². The monoisotopic (exact) mass is 333 g/mol. The molecule has 0 aliphatic rings. The van der Waals surface area contributed by atoms with E-state index in [0.717, 1.165) is 29.1 Å². The molecular formula is C12H7Cl2F2N3O2. The second-order valence-corrected chi connectivity index (χ2v) is 4.73. The Labute approximate surface area is 127 Å². The number of hydrogen-bond acceptors (Lipinski definition) is 3. The molecule has 0 unspecified atom stereocenters. The van der Waals surface area contributed by atoms with Gasteiger partial charge < -0.3 is 5.32 Å². The maximum absolute atomic E-state index is 13.4. The van der Waals surface area contributed by atoms with Gasteiger partial charge in [0.25, 0.3) is 5.56 Å². The summed E-state index contributed by atoms with van der Waals surface area (Å²) in [5, 5.41) is 5.42. The van der Waals surface area contributed by atoms with Crippen LogP contribution in [-0.4, -0.2) is 15.7 Å². The predicted molar refractivity (Wildman–Crippen MR) is 73.5 cm³/mol. The summed E-state index contributed by atoms with van der Waals surface area (Å²) >= 11 is 11.2. The van der Waals surface area contributed by atoms with E-state index in [1.165, 1.54) is 0 Å². The molecule has 1 heterocycles. The molecule has 0 spiro atoms. The van der Waals surface area contributed by atoms with Crippen molar-refractivity contribution in [3.8, 4) is 0 Å². The first kappa shape index (κ1) is 15.4. The van der Waals surface area contributed by atoms with E-state index in [4.69, 9.17) is 23.2 Å². The zero-order chi connectivity index (χ0) is 15.6. The number of carbonyl (C=O) groups excluding carboxylic acids is 1. The van der Waals surface area contributed by atoms with Crippen LogP contribution in [0, 0.1) is 11.6 Å². The van der Waals surface area contributed by atoms with Crippen molar-refractivity contribution in [2.24, 2.45) is 0 Å².